The summed E-state index contributed by atoms with van der Waals surface area (Å²) in [4.78, 5) is 0. The summed E-state index contributed by atoms with van der Waals surface area (Å²) in [6.45, 7) is 1.72. The van der Waals surface area contributed by atoms with Gasteiger partial charge < -0.3 is 10.4 Å². The molecule has 4 heteroatoms. The summed E-state index contributed by atoms with van der Waals surface area (Å²) in [5.41, 5.74) is 0.441. The van der Waals surface area contributed by atoms with E-state index in [9.17, 15) is 9.50 Å². The highest BCUT2D eigenvalue weighted by atomic mass is 79.9. The van der Waals surface area contributed by atoms with Crippen molar-refractivity contribution in [1.82, 2.24) is 5.32 Å². The van der Waals surface area contributed by atoms with Gasteiger partial charge in [0.2, 0.25) is 0 Å². The number of piperidine rings is 1. The zero-order valence-electron chi connectivity index (χ0n) is 8.26. The average molecular weight is 274 g/mol. The number of aromatic hydroxyl groups is 1. The Hall–Kier alpha value is -0.610. The van der Waals surface area contributed by atoms with Crippen molar-refractivity contribution in [1.29, 1.82) is 0 Å². The molecule has 1 unspecified atom stereocenters. The van der Waals surface area contributed by atoms with E-state index >= 15 is 0 Å². The Balaban J connectivity index is 2.36. The van der Waals surface area contributed by atoms with E-state index in [0.717, 1.165) is 25.9 Å². The number of benzene rings is 1. The molecule has 0 spiro atoms. The molecule has 1 aliphatic rings. The number of halogens is 2. The standard InChI is InChI=1S/C11H13BrFNO/c12-8-3-4-9(13)10(11(8)15)7-2-1-5-14-6-7/h3-4,7,14-15H,1-2,5-6H2. The van der Waals surface area contributed by atoms with Crippen LogP contribution in [0.25, 0.3) is 0 Å². The van der Waals surface area contributed by atoms with Crippen molar-refractivity contribution < 1.29 is 9.50 Å². The van der Waals surface area contributed by atoms with Gasteiger partial charge in [0.15, 0.2) is 0 Å². The van der Waals surface area contributed by atoms with Crippen LogP contribution in [0.5, 0.6) is 5.75 Å². The normalized spacial score (nSPS) is 21.6. The van der Waals surface area contributed by atoms with E-state index in [1.807, 2.05) is 0 Å². The minimum Gasteiger partial charge on any atom is -0.506 e. The Kier molecular flexibility index (Phi) is 3.26. The largest absolute Gasteiger partial charge is 0.506 e. The van der Waals surface area contributed by atoms with E-state index in [4.69, 9.17) is 0 Å². The van der Waals surface area contributed by atoms with E-state index in [1.165, 1.54) is 12.1 Å². The monoisotopic (exact) mass is 273 g/mol. The third kappa shape index (κ3) is 2.16. The van der Waals surface area contributed by atoms with Crippen molar-refractivity contribution in [3.05, 3.63) is 28.0 Å². The highest BCUT2D eigenvalue weighted by molar-refractivity contribution is 9.10. The van der Waals surface area contributed by atoms with Gasteiger partial charge in [-0.1, -0.05) is 0 Å². The Morgan fingerprint density at radius 3 is 2.93 bits per heavy atom. The molecule has 0 bridgehead atoms. The van der Waals surface area contributed by atoms with E-state index in [-0.39, 0.29) is 17.5 Å². The Morgan fingerprint density at radius 2 is 2.27 bits per heavy atom. The summed E-state index contributed by atoms with van der Waals surface area (Å²) in [5, 5.41) is 13.0. The third-order valence-electron chi connectivity index (χ3n) is 2.82. The molecule has 1 aliphatic heterocycles. The van der Waals surface area contributed by atoms with Crippen molar-refractivity contribution in [3.63, 3.8) is 0 Å². The predicted octanol–water partition coefficient (Wildman–Crippen LogP) is 2.76. The van der Waals surface area contributed by atoms with Crippen LogP contribution in [0, 0.1) is 5.82 Å². The molecular weight excluding hydrogens is 261 g/mol. The van der Waals surface area contributed by atoms with Crippen molar-refractivity contribution in [2.24, 2.45) is 0 Å². The van der Waals surface area contributed by atoms with Gasteiger partial charge in [-0.15, -0.1) is 0 Å². The number of rotatable bonds is 1. The molecule has 0 amide bonds. The lowest BCUT2D eigenvalue weighted by atomic mass is 9.90. The first-order valence-electron chi connectivity index (χ1n) is 5.07. The topological polar surface area (TPSA) is 32.3 Å². The second-order valence-corrected chi connectivity index (χ2v) is 4.69. The molecule has 15 heavy (non-hydrogen) atoms. The molecule has 0 aromatic heterocycles. The van der Waals surface area contributed by atoms with Crippen LogP contribution < -0.4 is 5.32 Å². The van der Waals surface area contributed by atoms with E-state index in [2.05, 4.69) is 21.2 Å². The summed E-state index contributed by atoms with van der Waals surface area (Å²) in [6, 6.07) is 2.93. The highest BCUT2D eigenvalue weighted by Gasteiger charge is 2.23. The van der Waals surface area contributed by atoms with Gasteiger partial charge in [0.1, 0.15) is 11.6 Å². The van der Waals surface area contributed by atoms with E-state index in [0.29, 0.717) is 10.0 Å². The maximum atomic E-state index is 13.6. The molecule has 2 rings (SSSR count). The van der Waals surface area contributed by atoms with Crippen LogP contribution in [0.2, 0.25) is 0 Å². The fourth-order valence-electron chi connectivity index (χ4n) is 2.04. The van der Waals surface area contributed by atoms with Crippen molar-refractivity contribution in [2.45, 2.75) is 18.8 Å². The lowest BCUT2D eigenvalue weighted by Crippen LogP contribution is -2.28. The molecule has 0 saturated carbocycles. The second-order valence-electron chi connectivity index (χ2n) is 3.83. The molecule has 1 fully saturated rings. The summed E-state index contributed by atoms with van der Waals surface area (Å²) in [5.74, 6) is -0.190. The fourth-order valence-corrected chi connectivity index (χ4v) is 2.39. The summed E-state index contributed by atoms with van der Waals surface area (Å²) < 4.78 is 14.2. The van der Waals surface area contributed by atoms with Crippen molar-refractivity contribution in [3.8, 4) is 5.75 Å². The zero-order chi connectivity index (χ0) is 10.8. The maximum Gasteiger partial charge on any atom is 0.136 e. The first-order valence-corrected chi connectivity index (χ1v) is 5.87. The van der Waals surface area contributed by atoms with Gasteiger partial charge in [-0.3, -0.25) is 0 Å². The molecule has 0 radical (unpaired) electrons. The van der Waals surface area contributed by atoms with Crippen LogP contribution >= 0.6 is 15.9 Å². The molecule has 0 aliphatic carbocycles. The summed E-state index contributed by atoms with van der Waals surface area (Å²) >= 11 is 3.21. The minimum atomic E-state index is -0.315. The number of hydrogen-bond donors (Lipinski definition) is 2. The molecule has 1 aromatic rings. The molecule has 1 heterocycles. The van der Waals surface area contributed by atoms with Gasteiger partial charge >= 0.3 is 0 Å². The van der Waals surface area contributed by atoms with Crippen LogP contribution in [0.1, 0.15) is 24.3 Å². The molecule has 1 saturated heterocycles. The van der Waals surface area contributed by atoms with Gasteiger partial charge in [0.05, 0.1) is 4.47 Å². The fraction of sp³-hybridized carbons (Fsp3) is 0.455. The van der Waals surface area contributed by atoms with E-state index in [1.54, 1.807) is 0 Å². The SMILES string of the molecule is Oc1c(Br)ccc(F)c1C1CCCNC1. The van der Waals surface area contributed by atoms with Crippen LogP contribution in [0.3, 0.4) is 0 Å². The number of hydrogen-bond acceptors (Lipinski definition) is 2. The summed E-state index contributed by atoms with van der Waals surface area (Å²) in [7, 11) is 0. The van der Waals surface area contributed by atoms with E-state index < -0.39 is 0 Å². The van der Waals surface area contributed by atoms with Crippen LogP contribution in [-0.4, -0.2) is 18.2 Å². The van der Waals surface area contributed by atoms with Crippen molar-refractivity contribution >= 4 is 15.9 Å². The Labute approximate surface area is 96.6 Å². The molecule has 1 aromatic carbocycles. The first-order chi connectivity index (χ1) is 7.20. The lowest BCUT2D eigenvalue weighted by Gasteiger charge is -2.24. The average Bonchev–Trinajstić information content (AvgIpc) is 2.26. The molecular formula is C11H13BrFNO. The minimum absolute atomic E-state index is 0.0451. The number of phenols is 1. The summed E-state index contributed by atoms with van der Waals surface area (Å²) in [6.07, 6.45) is 1.95. The Morgan fingerprint density at radius 1 is 1.47 bits per heavy atom. The van der Waals surface area contributed by atoms with Crippen LogP contribution in [-0.2, 0) is 0 Å². The maximum absolute atomic E-state index is 13.6. The number of nitrogens with one attached hydrogen (secondary N) is 1. The predicted molar refractivity (Wildman–Crippen MR) is 60.6 cm³/mol. The van der Waals surface area contributed by atoms with Crippen LogP contribution in [0.15, 0.2) is 16.6 Å². The highest BCUT2D eigenvalue weighted by Crippen LogP contribution is 2.37. The van der Waals surface area contributed by atoms with Gasteiger partial charge in [0.25, 0.3) is 0 Å². The van der Waals surface area contributed by atoms with Gasteiger partial charge in [-0.2, -0.15) is 0 Å². The smallest absolute Gasteiger partial charge is 0.136 e. The second kappa shape index (κ2) is 4.49. The van der Waals surface area contributed by atoms with Crippen molar-refractivity contribution in [2.75, 3.05) is 13.1 Å². The Bertz CT molecular complexity index is 364. The lowest BCUT2D eigenvalue weighted by molar-refractivity contribution is 0.408. The third-order valence-corrected chi connectivity index (χ3v) is 3.46. The van der Waals surface area contributed by atoms with Gasteiger partial charge in [-0.25, -0.2) is 4.39 Å². The van der Waals surface area contributed by atoms with Gasteiger partial charge in [-0.05, 0) is 47.4 Å². The molecule has 2 nitrogen and oxygen atoms in total. The quantitative estimate of drug-likeness (QED) is 0.825. The molecule has 82 valence electrons. The molecule has 2 N–H and O–H groups in total. The van der Waals surface area contributed by atoms with Crippen LogP contribution in [0.4, 0.5) is 4.39 Å². The first kappa shape index (κ1) is 10.9. The number of phenolic OH excluding ortho intramolecular Hbond substituents is 1. The molecule has 1 atom stereocenters. The van der Waals surface area contributed by atoms with Gasteiger partial charge in [0, 0.05) is 18.0 Å². The zero-order valence-corrected chi connectivity index (χ0v) is 9.85.